The number of nitrogens with zero attached hydrogens (tertiary/aromatic N) is 3. The maximum absolute atomic E-state index is 13.6. The first-order valence-electron chi connectivity index (χ1n) is 7.77. The highest BCUT2D eigenvalue weighted by Crippen LogP contribution is 2.28. The van der Waals surface area contributed by atoms with E-state index in [-0.39, 0.29) is 24.2 Å². The van der Waals surface area contributed by atoms with Crippen LogP contribution >= 0.6 is 0 Å². The first kappa shape index (κ1) is 16.1. The van der Waals surface area contributed by atoms with E-state index in [1.165, 1.54) is 29.4 Å². The first-order chi connectivity index (χ1) is 11.5. The SMILES string of the molecule is CC[C@H](C)[C@H]1C(=O)Nc2ccc(F)cc2CN1C(=O)c1ncn[nH]1. The number of fused-ring (bicyclic) bond motifs is 1. The molecule has 7 nitrogen and oxygen atoms in total. The van der Waals surface area contributed by atoms with E-state index < -0.39 is 17.8 Å². The molecule has 0 fully saturated rings. The van der Waals surface area contributed by atoms with Crippen molar-refractivity contribution in [3.63, 3.8) is 0 Å². The van der Waals surface area contributed by atoms with Gasteiger partial charge in [0, 0.05) is 12.2 Å². The predicted molar refractivity (Wildman–Crippen MR) is 84.5 cm³/mol. The number of anilines is 1. The van der Waals surface area contributed by atoms with Crippen LogP contribution in [0.15, 0.2) is 24.5 Å². The van der Waals surface area contributed by atoms with Crippen molar-refractivity contribution >= 4 is 17.5 Å². The number of halogens is 1. The fourth-order valence-electron chi connectivity index (χ4n) is 2.88. The summed E-state index contributed by atoms with van der Waals surface area (Å²) in [5, 5.41) is 9.01. The van der Waals surface area contributed by atoms with E-state index in [1.807, 2.05) is 13.8 Å². The highest BCUT2D eigenvalue weighted by molar-refractivity contribution is 6.01. The van der Waals surface area contributed by atoms with E-state index in [2.05, 4.69) is 20.5 Å². The second kappa shape index (κ2) is 6.38. The van der Waals surface area contributed by atoms with Crippen molar-refractivity contribution in [1.82, 2.24) is 20.1 Å². The number of nitrogens with one attached hydrogen (secondary N) is 2. The molecule has 1 aromatic carbocycles. The molecule has 2 heterocycles. The summed E-state index contributed by atoms with van der Waals surface area (Å²) in [6.07, 6.45) is 1.94. The zero-order chi connectivity index (χ0) is 17.3. The van der Waals surface area contributed by atoms with Gasteiger partial charge in [-0.2, -0.15) is 5.10 Å². The van der Waals surface area contributed by atoms with Crippen LogP contribution in [0.25, 0.3) is 0 Å². The second-order valence-corrected chi connectivity index (χ2v) is 5.89. The van der Waals surface area contributed by atoms with Gasteiger partial charge in [-0.1, -0.05) is 20.3 Å². The van der Waals surface area contributed by atoms with Gasteiger partial charge in [-0.05, 0) is 29.7 Å². The van der Waals surface area contributed by atoms with Crippen LogP contribution in [-0.2, 0) is 11.3 Å². The molecule has 126 valence electrons. The number of aromatic nitrogens is 3. The number of benzene rings is 1. The molecular weight excluding hydrogens is 313 g/mol. The lowest BCUT2D eigenvalue weighted by Crippen LogP contribution is -2.49. The molecule has 2 N–H and O–H groups in total. The zero-order valence-electron chi connectivity index (χ0n) is 13.4. The summed E-state index contributed by atoms with van der Waals surface area (Å²) in [5.41, 5.74) is 1.06. The Kier molecular flexibility index (Phi) is 4.28. The summed E-state index contributed by atoms with van der Waals surface area (Å²) in [6, 6.07) is 3.45. The van der Waals surface area contributed by atoms with Crippen molar-refractivity contribution < 1.29 is 14.0 Å². The van der Waals surface area contributed by atoms with Gasteiger partial charge in [-0.15, -0.1) is 0 Å². The van der Waals surface area contributed by atoms with Crippen LogP contribution in [0.2, 0.25) is 0 Å². The Morgan fingerprint density at radius 1 is 1.50 bits per heavy atom. The minimum absolute atomic E-state index is 0.0518. The number of carbonyl (C=O) groups is 2. The lowest BCUT2D eigenvalue weighted by Gasteiger charge is -2.31. The summed E-state index contributed by atoms with van der Waals surface area (Å²) < 4.78 is 13.6. The number of aromatic amines is 1. The third-order valence-electron chi connectivity index (χ3n) is 4.33. The third kappa shape index (κ3) is 2.86. The molecule has 8 heteroatoms. The van der Waals surface area contributed by atoms with Gasteiger partial charge in [-0.25, -0.2) is 9.37 Å². The Morgan fingerprint density at radius 2 is 2.29 bits per heavy atom. The quantitative estimate of drug-likeness (QED) is 0.899. The van der Waals surface area contributed by atoms with Gasteiger partial charge in [0.15, 0.2) is 0 Å². The number of H-pyrrole nitrogens is 1. The number of rotatable bonds is 3. The van der Waals surface area contributed by atoms with Crippen molar-refractivity contribution in [3.05, 3.63) is 41.7 Å². The minimum Gasteiger partial charge on any atom is -0.324 e. The van der Waals surface area contributed by atoms with Crippen LogP contribution in [0.4, 0.5) is 10.1 Å². The van der Waals surface area contributed by atoms with Crippen molar-refractivity contribution in [2.75, 3.05) is 5.32 Å². The number of hydrogen-bond acceptors (Lipinski definition) is 4. The standard InChI is InChI=1S/C16H18FN5O2/c1-3-9(2)13-15(23)20-12-5-4-11(17)6-10(12)7-22(13)16(24)14-18-8-19-21-14/h4-6,8-9,13H,3,7H2,1-2H3,(H,20,23)(H,18,19,21)/t9-,13-/m0/s1. The predicted octanol–water partition coefficient (Wildman–Crippen LogP) is 1.95. The van der Waals surface area contributed by atoms with Crippen molar-refractivity contribution in [3.8, 4) is 0 Å². The number of amides is 2. The van der Waals surface area contributed by atoms with Crippen molar-refractivity contribution in [1.29, 1.82) is 0 Å². The minimum atomic E-state index is -0.678. The van der Waals surface area contributed by atoms with Gasteiger partial charge in [-0.3, -0.25) is 14.7 Å². The first-order valence-corrected chi connectivity index (χ1v) is 7.77. The molecule has 0 saturated carbocycles. The third-order valence-corrected chi connectivity index (χ3v) is 4.33. The van der Waals surface area contributed by atoms with Gasteiger partial charge in [0.25, 0.3) is 5.91 Å². The molecule has 3 rings (SSSR count). The van der Waals surface area contributed by atoms with Crippen LogP contribution in [0, 0.1) is 11.7 Å². The number of carbonyl (C=O) groups excluding carboxylic acids is 2. The molecular formula is C16H18FN5O2. The Morgan fingerprint density at radius 3 is 2.96 bits per heavy atom. The topological polar surface area (TPSA) is 91.0 Å². The Labute approximate surface area is 138 Å². The fourth-order valence-corrected chi connectivity index (χ4v) is 2.88. The second-order valence-electron chi connectivity index (χ2n) is 5.89. The van der Waals surface area contributed by atoms with E-state index in [9.17, 15) is 14.0 Å². The normalized spacial score (nSPS) is 18.5. The van der Waals surface area contributed by atoms with Crippen LogP contribution in [0.1, 0.15) is 36.5 Å². The average Bonchev–Trinajstić information content (AvgIpc) is 3.05. The lowest BCUT2D eigenvalue weighted by atomic mass is 9.96. The van der Waals surface area contributed by atoms with Crippen LogP contribution in [0.3, 0.4) is 0 Å². The van der Waals surface area contributed by atoms with Crippen LogP contribution < -0.4 is 5.32 Å². The highest BCUT2D eigenvalue weighted by atomic mass is 19.1. The van der Waals surface area contributed by atoms with Gasteiger partial charge < -0.3 is 10.2 Å². The van der Waals surface area contributed by atoms with Gasteiger partial charge >= 0.3 is 0 Å². The molecule has 0 spiro atoms. The van der Waals surface area contributed by atoms with E-state index >= 15 is 0 Å². The molecule has 1 aromatic heterocycles. The van der Waals surface area contributed by atoms with Crippen LogP contribution in [0.5, 0.6) is 0 Å². The fraction of sp³-hybridized carbons (Fsp3) is 0.375. The summed E-state index contributed by atoms with van der Waals surface area (Å²) in [7, 11) is 0. The van der Waals surface area contributed by atoms with Crippen LogP contribution in [-0.4, -0.2) is 37.9 Å². The maximum Gasteiger partial charge on any atom is 0.292 e. The Balaban J connectivity index is 2.05. The molecule has 1 aliphatic heterocycles. The molecule has 0 saturated heterocycles. The molecule has 2 aromatic rings. The molecule has 0 aliphatic carbocycles. The van der Waals surface area contributed by atoms with Crippen molar-refractivity contribution in [2.45, 2.75) is 32.9 Å². The monoisotopic (exact) mass is 331 g/mol. The molecule has 0 radical (unpaired) electrons. The Bertz CT molecular complexity index is 762. The summed E-state index contributed by atoms with van der Waals surface area (Å²) in [4.78, 5) is 30.8. The van der Waals surface area contributed by atoms with E-state index in [4.69, 9.17) is 0 Å². The molecule has 0 unspecified atom stereocenters. The summed E-state index contributed by atoms with van der Waals surface area (Å²) in [5.74, 6) is -1.17. The zero-order valence-corrected chi connectivity index (χ0v) is 13.4. The molecule has 2 amide bonds. The lowest BCUT2D eigenvalue weighted by molar-refractivity contribution is -0.122. The molecule has 24 heavy (non-hydrogen) atoms. The maximum atomic E-state index is 13.6. The number of hydrogen-bond donors (Lipinski definition) is 2. The smallest absolute Gasteiger partial charge is 0.292 e. The van der Waals surface area contributed by atoms with E-state index in [0.29, 0.717) is 17.7 Å². The summed E-state index contributed by atoms with van der Waals surface area (Å²) in [6.45, 7) is 3.97. The summed E-state index contributed by atoms with van der Waals surface area (Å²) >= 11 is 0. The van der Waals surface area contributed by atoms with Gasteiger partial charge in [0.1, 0.15) is 18.2 Å². The molecule has 1 aliphatic rings. The van der Waals surface area contributed by atoms with Crippen molar-refractivity contribution in [2.24, 2.45) is 5.92 Å². The molecule has 0 bridgehead atoms. The van der Waals surface area contributed by atoms with E-state index in [1.54, 1.807) is 0 Å². The Hall–Kier alpha value is -2.77. The van der Waals surface area contributed by atoms with Gasteiger partial charge in [0.2, 0.25) is 11.7 Å². The largest absolute Gasteiger partial charge is 0.324 e. The van der Waals surface area contributed by atoms with E-state index in [0.717, 1.165) is 0 Å². The van der Waals surface area contributed by atoms with Gasteiger partial charge in [0.05, 0.1) is 0 Å². The average molecular weight is 331 g/mol. The molecule has 2 atom stereocenters. The highest BCUT2D eigenvalue weighted by Gasteiger charge is 2.37.